The Morgan fingerprint density at radius 1 is 1.06 bits per heavy atom. The maximum atomic E-state index is 13.4. The van der Waals surface area contributed by atoms with Gasteiger partial charge in [-0.2, -0.15) is 0 Å². The fourth-order valence-corrected chi connectivity index (χ4v) is 4.08. The number of carbonyl (C=O) groups is 2. The topological polar surface area (TPSA) is 96.0 Å². The van der Waals surface area contributed by atoms with Crippen molar-refractivity contribution in [2.45, 2.75) is 39.8 Å². The van der Waals surface area contributed by atoms with Crippen molar-refractivity contribution in [2.24, 2.45) is 0 Å². The molecule has 8 nitrogen and oxygen atoms in total. The van der Waals surface area contributed by atoms with Crippen LogP contribution in [0.25, 0.3) is 0 Å². The molecule has 0 saturated heterocycles. The van der Waals surface area contributed by atoms with Gasteiger partial charge < -0.3 is 15.0 Å². The first kappa shape index (κ1) is 26.2. The van der Waals surface area contributed by atoms with Crippen LogP contribution in [-0.2, 0) is 26.2 Å². The fraction of sp³-hybridized carbons (Fsp3) is 0.417. The molecule has 1 unspecified atom stereocenters. The number of aryl methyl sites for hydroxylation is 1. The number of rotatable bonds is 11. The van der Waals surface area contributed by atoms with Crippen molar-refractivity contribution in [3.05, 3.63) is 59.7 Å². The summed E-state index contributed by atoms with van der Waals surface area (Å²) in [6.45, 7) is 5.81. The minimum atomic E-state index is -3.76. The third kappa shape index (κ3) is 7.49. The van der Waals surface area contributed by atoms with Crippen LogP contribution < -0.4 is 14.4 Å². The molecule has 0 saturated carbocycles. The van der Waals surface area contributed by atoms with Crippen LogP contribution in [0.5, 0.6) is 5.75 Å². The first-order valence-electron chi connectivity index (χ1n) is 10.8. The Kier molecular flexibility index (Phi) is 9.28. The number of sulfonamides is 1. The highest BCUT2D eigenvalue weighted by atomic mass is 32.2. The number of amides is 2. The van der Waals surface area contributed by atoms with E-state index in [2.05, 4.69) is 5.32 Å². The Hall–Kier alpha value is -3.07. The molecular formula is C24H33N3O5S. The molecule has 0 bridgehead atoms. The SMILES string of the molecule is CCCNC(=O)C(C)N(Cc1ccc(C)cc1)C(=O)CN(c1ccc(OC)cc1)S(C)(=O)=O. The van der Waals surface area contributed by atoms with Gasteiger partial charge in [-0.25, -0.2) is 8.42 Å². The summed E-state index contributed by atoms with van der Waals surface area (Å²) in [7, 11) is -2.25. The lowest BCUT2D eigenvalue weighted by Crippen LogP contribution is -2.51. The minimum absolute atomic E-state index is 0.181. The van der Waals surface area contributed by atoms with Gasteiger partial charge in [-0.1, -0.05) is 36.8 Å². The van der Waals surface area contributed by atoms with Gasteiger partial charge >= 0.3 is 0 Å². The van der Waals surface area contributed by atoms with Crippen LogP contribution in [0.3, 0.4) is 0 Å². The minimum Gasteiger partial charge on any atom is -0.497 e. The van der Waals surface area contributed by atoms with E-state index >= 15 is 0 Å². The smallest absolute Gasteiger partial charge is 0.244 e. The molecule has 2 aromatic rings. The molecule has 33 heavy (non-hydrogen) atoms. The van der Waals surface area contributed by atoms with Crippen molar-refractivity contribution in [3.8, 4) is 5.75 Å². The first-order valence-corrected chi connectivity index (χ1v) is 12.7. The number of carbonyl (C=O) groups excluding carboxylic acids is 2. The zero-order valence-electron chi connectivity index (χ0n) is 19.9. The summed E-state index contributed by atoms with van der Waals surface area (Å²) in [5.41, 5.74) is 2.26. The van der Waals surface area contributed by atoms with Crippen LogP contribution in [0.2, 0.25) is 0 Å². The molecule has 0 spiro atoms. The lowest BCUT2D eigenvalue weighted by Gasteiger charge is -2.31. The maximum absolute atomic E-state index is 13.4. The van der Waals surface area contributed by atoms with Gasteiger partial charge in [0.05, 0.1) is 19.1 Å². The number of anilines is 1. The Balaban J connectivity index is 2.34. The molecule has 9 heteroatoms. The second-order valence-electron chi connectivity index (χ2n) is 7.94. The molecule has 0 aliphatic carbocycles. The first-order chi connectivity index (χ1) is 15.6. The molecule has 0 aliphatic heterocycles. The quantitative estimate of drug-likeness (QED) is 0.539. The van der Waals surface area contributed by atoms with Gasteiger partial charge in [-0.15, -0.1) is 0 Å². The number of ether oxygens (including phenoxy) is 1. The highest BCUT2D eigenvalue weighted by molar-refractivity contribution is 7.92. The summed E-state index contributed by atoms with van der Waals surface area (Å²) >= 11 is 0. The van der Waals surface area contributed by atoms with Gasteiger partial charge in [-0.05, 0) is 50.1 Å². The Morgan fingerprint density at radius 3 is 2.18 bits per heavy atom. The van der Waals surface area contributed by atoms with E-state index < -0.39 is 28.5 Å². The van der Waals surface area contributed by atoms with E-state index in [1.165, 1.54) is 12.0 Å². The highest BCUT2D eigenvalue weighted by Gasteiger charge is 2.30. The molecule has 0 heterocycles. The monoisotopic (exact) mass is 475 g/mol. The summed E-state index contributed by atoms with van der Waals surface area (Å²) in [6.07, 6.45) is 1.82. The highest BCUT2D eigenvalue weighted by Crippen LogP contribution is 2.22. The van der Waals surface area contributed by atoms with Gasteiger partial charge in [-0.3, -0.25) is 13.9 Å². The lowest BCUT2D eigenvalue weighted by molar-refractivity contribution is -0.139. The third-order valence-electron chi connectivity index (χ3n) is 5.23. The van der Waals surface area contributed by atoms with Crippen molar-refractivity contribution in [1.29, 1.82) is 0 Å². The predicted octanol–water partition coefficient (Wildman–Crippen LogP) is 2.71. The predicted molar refractivity (Wildman–Crippen MR) is 130 cm³/mol. The van der Waals surface area contributed by atoms with E-state index in [1.807, 2.05) is 38.1 Å². The van der Waals surface area contributed by atoms with Gasteiger partial charge in [0.2, 0.25) is 21.8 Å². The van der Waals surface area contributed by atoms with Crippen molar-refractivity contribution in [3.63, 3.8) is 0 Å². The zero-order chi connectivity index (χ0) is 24.6. The van der Waals surface area contributed by atoms with E-state index in [1.54, 1.807) is 31.2 Å². The normalized spacial score (nSPS) is 12.0. The van der Waals surface area contributed by atoms with Crippen molar-refractivity contribution >= 4 is 27.5 Å². The number of hydrogen-bond acceptors (Lipinski definition) is 5. The molecular weight excluding hydrogens is 442 g/mol. The van der Waals surface area contributed by atoms with Gasteiger partial charge in [0.15, 0.2) is 0 Å². The number of hydrogen-bond donors (Lipinski definition) is 1. The maximum Gasteiger partial charge on any atom is 0.244 e. The van der Waals surface area contributed by atoms with Gasteiger partial charge in [0.1, 0.15) is 18.3 Å². The largest absolute Gasteiger partial charge is 0.497 e. The average molecular weight is 476 g/mol. The molecule has 0 fully saturated rings. The molecule has 2 aromatic carbocycles. The van der Waals surface area contributed by atoms with E-state index in [0.29, 0.717) is 18.0 Å². The number of methoxy groups -OCH3 is 1. The third-order valence-corrected chi connectivity index (χ3v) is 6.37. The summed E-state index contributed by atoms with van der Waals surface area (Å²) in [6, 6.07) is 13.3. The van der Waals surface area contributed by atoms with Crippen molar-refractivity contribution < 1.29 is 22.7 Å². The zero-order valence-corrected chi connectivity index (χ0v) is 20.7. The second-order valence-corrected chi connectivity index (χ2v) is 9.85. The summed E-state index contributed by atoms with van der Waals surface area (Å²) in [5.74, 6) is -0.190. The molecule has 1 atom stereocenters. The summed E-state index contributed by atoms with van der Waals surface area (Å²) < 4.78 is 31.2. The Bertz CT molecular complexity index is 1040. The van der Waals surface area contributed by atoms with Crippen LogP contribution in [0.15, 0.2) is 48.5 Å². The van der Waals surface area contributed by atoms with E-state index in [4.69, 9.17) is 4.74 Å². The second kappa shape index (κ2) is 11.7. The number of nitrogens with zero attached hydrogens (tertiary/aromatic N) is 2. The molecule has 0 aliphatic rings. The van der Waals surface area contributed by atoms with Crippen molar-refractivity contribution in [2.75, 3.05) is 30.8 Å². The number of nitrogens with one attached hydrogen (secondary N) is 1. The molecule has 0 radical (unpaired) electrons. The van der Waals surface area contributed by atoms with E-state index in [-0.39, 0.29) is 12.5 Å². The molecule has 2 amide bonds. The number of benzene rings is 2. The van der Waals surface area contributed by atoms with Gasteiger partial charge in [0, 0.05) is 13.1 Å². The molecule has 180 valence electrons. The fourth-order valence-electron chi connectivity index (χ4n) is 3.23. The average Bonchev–Trinajstić information content (AvgIpc) is 2.79. The molecule has 2 rings (SSSR count). The van der Waals surface area contributed by atoms with E-state index in [0.717, 1.165) is 28.1 Å². The van der Waals surface area contributed by atoms with Crippen LogP contribution in [0.4, 0.5) is 5.69 Å². The standard InChI is InChI=1S/C24H33N3O5S/c1-6-15-25-24(29)19(3)26(16-20-9-7-18(2)8-10-20)23(28)17-27(33(5,30)31)21-11-13-22(32-4)14-12-21/h7-14,19H,6,15-17H2,1-5H3,(H,25,29). The van der Waals surface area contributed by atoms with E-state index in [9.17, 15) is 18.0 Å². The van der Waals surface area contributed by atoms with Gasteiger partial charge in [0.25, 0.3) is 0 Å². The lowest BCUT2D eigenvalue weighted by atomic mass is 10.1. The molecule has 0 aromatic heterocycles. The van der Waals surface area contributed by atoms with Crippen LogP contribution in [0, 0.1) is 6.92 Å². The molecule has 1 N–H and O–H groups in total. The summed E-state index contributed by atoms with van der Waals surface area (Å²) in [5, 5.41) is 2.81. The Morgan fingerprint density at radius 2 is 1.67 bits per heavy atom. The van der Waals surface area contributed by atoms with Crippen LogP contribution in [-0.4, -0.2) is 57.6 Å². The van der Waals surface area contributed by atoms with Crippen molar-refractivity contribution in [1.82, 2.24) is 10.2 Å². The van der Waals surface area contributed by atoms with Crippen LogP contribution >= 0.6 is 0 Å². The Labute approximate surface area is 196 Å². The van der Waals surface area contributed by atoms with Crippen LogP contribution in [0.1, 0.15) is 31.4 Å². The summed E-state index contributed by atoms with van der Waals surface area (Å²) in [4.78, 5) is 27.5.